The molecule has 0 aliphatic carbocycles. The molecule has 0 radical (unpaired) electrons. The summed E-state index contributed by atoms with van der Waals surface area (Å²) in [5, 5.41) is 34.8. The van der Waals surface area contributed by atoms with Crippen molar-refractivity contribution in [3.8, 4) is 0 Å². The van der Waals surface area contributed by atoms with Gasteiger partial charge in [0.05, 0.1) is 0 Å². The highest BCUT2D eigenvalue weighted by atomic mass is 35.5. The Morgan fingerprint density at radius 1 is 0.571 bits per heavy atom. The number of carboxylic acid groups (broad SMARTS) is 4. The third-order valence-corrected chi connectivity index (χ3v) is 2.39. The minimum absolute atomic E-state index is 0. The van der Waals surface area contributed by atoms with E-state index in [1.807, 2.05) is 0 Å². The monoisotopic (exact) mass is 392 g/mol. The fourth-order valence-electron chi connectivity index (χ4n) is 1.69. The summed E-state index contributed by atoms with van der Waals surface area (Å²) < 4.78 is 4.47. The van der Waals surface area contributed by atoms with E-state index in [0.29, 0.717) is 0 Å². The Hall–Kier alpha value is -1.00. The molecule has 0 saturated carbocycles. The molecule has 4 N–H and O–H groups in total. The normalized spacial score (nSPS) is 25.9. The first kappa shape index (κ1) is 28.2. The van der Waals surface area contributed by atoms with E-state index >= 15 is 0 Å². The summed E-state index contributed by atoms with van der Waals surface area (Å²) in [5.41, 5.74) is 0. The van der Waals surface area contributed by atoms with E-state index in [1.54, 1.807) is 0 Å². The van der Waals surface area contributed by atoms with Gasteiger partial charge in [0.25, 0.3) is 0 Å². The standard InChI is InChI=1S/C8H8O9.4ClH/c9-5(10)1-2(6(11)12)4(8(15)16)17-3(1)7(13)14;;;;/h1-4H,(H,9,10)(H,11,12)(H,13,14)(H,15,16);4*1H. The molecule has 1 heterocycles. The van der Waals surface area contributed by atoms with E-state index in [9.17, 15) is 19.2 Å². The zero-order valence-electron chi connectivity index (χ0n) is 9.77. The number of halogens is 4. The van der Waals surface area contributed by atoms with Crippen LogP contribution in [0.25, 0.3) is 0 Å². The maximum absolute atomic E-state index is 10.8. The highest BCUT2D eigenvalue weighted by Crippen LogP contribution is 2.33. The Bertz CT molecular complexity index is 365. The maximum atomic E-state index is 10.8. The number of hydrogen-bond donors (Lipinski definition) is 4. The number of carboxylic acids is 4. The van der Waals surface area contributed by atoms with E-state index in [-0.39, 0.29) is 49.6 Å². The zero-order chi connectivity index (χ0) is 13.3. The molecule has 4 unspecified atom stereocenters. The molecule has 4 atom stereocenters. The van der Waals surface area contributed by atoms with Crippen LogP contribution in [-0.4, -0.2) is 56.5 Å². The van der Waals surface area contributed by atoms with Crippen LogP contribution >= 0.6 is 49.6 Å². The smallest absolute Gasteiger partial charge is 0.333 e. The van der Waals surface area contributed by atoms with Gasteiger partial charge in [-0.15, -0.1) is 49.6 Å². The van der Waals surface area contributed by atoms with Gasteiger partial charge in [-0.1, -0.05) is 0 Å². The van der Waals surface area contributed by atoms with E-state index in [4.69, 9.17) is 20.4 Å². The molecule has 0 spiro atoms. The quantitative estimate of drug-likeness (QED) is 0.515. The van der Waals surface area contributed by atoms with Crippen molar-refractivity contribution in [2.45, 2.75) is 12.2 Å². The molecule has 1 fully saturated rings. The molecule has 126 valence electrons. The van der Waals surface area contributed by atoms with Gasteiger partial charge in [0.1, 0.15) is 11.8 Å². The lowest BCUT2D eigenvalue weighted by molar-refractivity contribution is -0.163. The van der Waals surface area contributed by atoms with Crippen molar-refractivity contribution in [3.63, 3.8) is 0 Å². The predicted molar refractivity (Wildman–Crippen MR) is 75.2 cm³/mol. The van der Waals surface area contributed by atoms with Gasteiger partial charge in [0.15, 0.2) is 12.2 Å². The average molecular weight is 394 g/mol. The third kappa shape index (κ3) is 5.71. The number of ether oxygens (including phenoxy) is 1. The van der Waals surface area contributed by atoms with Crippen LogP contribution in [0.2, 0.25) is 0 Å². The van der Waals surface area contributed by atoms with E-state index < -0.39 is 47.9 Å². The van der Waals surface area contributed by atoms with Crippen molar-refractivity contribution in [1.29, 1.82) is 0 Å². The summed E-state index contributed by atoms with van der Waals surface area (Å²) in [7, 11) is 0. The van der Waals surface area contributed by atoms with Crippen molar-refractivity contribution < 1.29 is 44.3 Å². The fraction of sp³-hybridized carbons (Fsp3) is 0.500. The molecular weight excluding hydrogens is 382 g/mol. The Labute approximate surface area is 142 Å². The summed E-state index contributed by atoms with van der Waals surface area (Å²) in [6.07, 6.45) is -3.98. The van der Waals surface area contributed by atoms with Gasteiger partial charge in [-0.3, -0.25) is 9.59 Å². The van der Waals surface area contributed by atoms with E-state index in [0.717, 1.165) is 0 Å². The van der Waals surface area contributed by atoms with Crippen LogP contribution in [0.3, 0.4) is 0 Å². The Morgan fingerprint density at radius 3 is 0.952 bits per heavy atom. The molecule has 1 rings (SSSR count). The summed E-state index contributed by atoms with van der Waals surface area (Å²) in [6.45, 7) is 0. The molecule has 0 aromatic carbocycles. The second-order valence-corrected chi connectivity index (χ2v) is 3.38. The highest BCUT2D eigenvalue weighted by Gasteiger charge is 2.57. The van der Waals surface area contributed by atoms with Crippen LogP contribution in [0.5, 0.6) is 0 Å². The summed E-state index contributed by atoms with van der Waals surface area (Å²) in [5.74, 6) is -10.8. The number of carbonyl (C=O) groups is 4. The van der Waals surface area contributed by atoms with Crippen LogP contribution < -0.4 is 0 Å². The van der Waals surface area contributed by atoms with Crippen molar-refractivity contribution in [1.82, 2.24) is 0 Å². The topological polar surface area (TPSA) is 158 Å². The second-order valence-electron chi connectivity index (χ2n) is 3.38. The lowest BCUT2D eigenvalue weighted by Crippen LogP contribution is -2.39. The number of hydrogen-bond acceptors (Lipinski definition) is 5. The zero-order valence-corrected chi connectivity index (χ0v) is 13.0. The van der Waals surface area contributed by atoms with Crippen LogP contribution in [0.15, 0.2) is 0 Å². The molecular formula is C8H12Cl4O9. The molecule has 9 nitrogen and oxygen atoms in total. The second kappa shape index (κ2) is 10.7. The van der Waals surface area contributed by atoms with Crippen molar-refractivity contribution >= 4 is 73.5 Å². The molecule has 1 saturated heterocycles. The highest BCUT2D eigenvalue weighted by molar-refractivity contribution is 5.92. The van der Waals surface area contributed by atoms with Gasteiger partial charge >= 0.3 is 23.9 Å². The van der Waals surface area contributed by atoms with Crippen molar-refractivity contribution in [3.05, 3.63) is 0 Å². The Balaban J connectivity index is -0.000000361. The first-order valence-corrected chi connectivity index (χ1v) is 4.34. The predicted octanol–water partition coefficient (Wildman–Crippen LogP) is 0.0118. The minimum Gasteiger partial charge on any atom is -0.481 e. The summed E-state index contributed by atoms with van der Waals surface area (Å²) >= 11 is 0. The van der Waals surface area contributed by atoms with Crippen molar-refractivity contribution in [2.24, 2.45) is 11.8 Å². The SMILES string of the molecule is Cl.Cl.Cl.Cl.O=C(O)C1OC(C(=O)O)C(C(=O)O)C1C(=O)O. The van der Waals surface area contributed by atoms with Gasteiger partial charge in [0, 0.05) is 0 Å². The first-order chi connectivity index (χ1) is 7.77. The summed E-state index contributed by atoms with van der Waals surface area (Å²) in [4.78, 5) is 43.0. The Kier molecular flexibility index (Phi) is 14.4. The molecule has 0 aromatic rings. The third-order valence-electron chi connectivity index (χ3n) is 2.39. The van der Waals surface area contributed by atoms with Crippen molar-refractivity contribution in [2.75, 3.05) is 0 Å². The lowest BCUT2D eigenvalue weighted by atomic mass is 9.87. The number of aliphatic carboxylic acids is 4. The van der Waals surface area contributed by atoms with Gasteiger partial charge < -0.3 is 25.2 Å². The van der Waals surface area contributed by atoms with E-state index in [1.165, 1.54) is 0 Å². The Morgan fingerprint density at radius 2 is 0.810 bits per heavy atom. The molecule has 0 aromatic heterocycles. The van der Waals surface area contributed by atoms with E-state index in [2.05, 4.69) is 4.74 Å². The van der Waals surface area contributed by atoms with Gasteiger partial charge in [0.2, 0.25) is 0 Å². The lowest BCUT2D eigenvalue weighted by Gasteiger charge is -2.13. The fourth-order valence-corrected chi connectivity index (χ4v) is 1.69. The largest absolute Gasteiger partial charge is 0.481 e. The van der Waals surface area contributed by atoms with Gasteiger partial charge in [-0.05, 0) is 0 Å². The molecule has 0 bridgehead atoms. The average Bonchev–Trinajstić information content (AvgIpc) is 2.56. The maximum Gasteiger partial charge on any atom is 0.333 e. The minimum atomic E-state index is -1.99. The first-order valence-electron chi connectivity index (χ1n) is 4.34. The van der Waals surface area contributed by atoms with Gasteiger partial charge in [-0.2, -0.15) is 0 Å². The molecule has 1 aliphatic rings. The molecule has 13 heteroatoms. The van der Waals surface area contributed by atoms with Crippen LogP contribution in [0, 0.1) is 11.8 Å². The van der Waals surface area contributed by atoms with Crippen LogP contribution in [-0.2, 0) is 23.9 Å². The number of rotatable bonds is 4. The van der Waals surface area contributed by atoms with Crippen LogP contribution in [0.4, 0.5) is 0 Å². The molecule has 21 heavy (non-hydrogen) atoms. The molecule has 0 amide bonds. The van der Waals surface area contributed by atoms with Crippen LogP contribution in [0.1, 0.15) is 0 Å². The van der Waals surface area contributed by atoms with Gasteiger partial charge in [-0.25, -0.2) is 9.59 Å². The molecule has 1 aliphatic heterocycles. The summed E-state index contributed by atoms with van der Waals surface area (Å²) in [6, 6.07) is 0.